The molecule has 1 fully saturated rings. The van der Waals surface area contributed by atoms with E-state index in [1.54, 1.807) is 11.3 Å². The van der Waals surface area contributed by atoms with Gasteiger partial charge in [0.1, 0.15) is 0 Å². The second-order valence-corrected chi connectivity index (χ2v) is 6.63. The maximum atomic E-state index is 9.84. The molecule has 1 saturated heterocycles. The van der Waals surface area contributed by atoms with Gasteiger partial charge >= 0.3 is 0 Å². The van der Waals surface area contributed by atoms with Crippen molar-refractivity contribution in [2.75, 3.05) is 19.7 Å². The summed E-state index contributed by atoms with van der Waals surface area (Å²) >= 11 is 1.67. The average Bonchev–Trinajstić information content (AvgIpc) is 3.21. The maximum absolute atomic E-state index is 9.84. The van der Waals surface area contributed by atoms with E-state index in [1.165, 1.54) is 5.56 Å². The highest BCUT2D eigenvalue weighted by molar-refractivity contribution is 7.08. The van der Waals surface area contributed by atoms with Gasteiger partial charge < -0.3 is 26.0 Å². The smallest absolute Gasteiger partial charge is 0.0976 e. The Morgan fingerprint density at radius 2 is 1.96 bits per heavy atom. The van der Waals surface area contributed by atoms with E-state index in [0.717, 1.165) is 11.1 Å². The topological polar surface area (TPSA) is 84.8 Å². The lowest BCUT2D eigenvalue weighted by Gasteiger charge is -2.22. The summed E-state index contributed by atoms with van der Waals surface area (Å²) in [5.74, 6) is 0. The van der Waals surface area contributed by atoms with Gasteiger partial charge in [-0.2, -0.15) is 11.3 Å². The Balaban J connectivity index is 1.62. The number of aliphatic hydroxyl groups is 3. The third-order valence-electron chi connectivity index (χ3n) is 4.33. The Labute approximate surface area is 139 Å². The van der Waals surface area contributed by atoms with Crippen LogP contribution in [-0.4, -0.2) is 53.3 Å². The molecule has 2 heterocycles. The largest absolute Gasteiger partial charge is 0.394 e. The fourth-order valence-electron chi connectivity index (χ4n) is 2.87. The maximum Gasteiger partial charge on any atom is 0.0976 e. The van der Waals surface area contributed by atoms with E-state index < -0.39 is 12.2 Å². The van der Waals surface area contributed by atoms with E-state index >= 15 is 0 Å². The van der Waals surface area contributed by atoms with Crippen LogP contribution in [0.25, 0.3) is 11.1 Å². The van der Waals surface area contributed by atoms with Gasteiger partial charge in [-0.3, -0.25) is 0 Å². The van der Waals surface area contributed by atoms with Crippen molar-refractivity contribution in [1.82, 2.24) is 10.6 Å². The molecule has 0 unspecified atom stereocenters. The molecule has 0 aliphatic carbocycles. The lowest BCUT2D eigenvalue weighted by molar-refractivity contribution is 0.0399. The molecule has 5 N–H and O–H groups in total. The first-order chi connectivity index (χ1) is 11.2. The van der Waals surface area contributed by atoms with E-state index in [9.17, 15) is 15.3 Å². The Kier molecular flexibility index (Phi) is 5.42. The third kappa shape index (κ3) is 3.80. The quantitative estimate of drug-likeness (QED) is 0.538. The van der Waals surface area contributed by atoms with Crippen LogP contribution in [0, 0.1) is 0 Å². The molecule has 4 atom stereocenters. The molecule has 124 valence electrons. The number of nitrogens with one attached hydrogen (secondary N) is 2. The second kappa shape index (κ2) is 7.53. The highest BCUT2D eigenvalue weighted by Gasteiger charge is 2.32. The molecule has 0 spiro atoms. The van der Waals surface area contributed by atoms with Crippen LogP contribution in [0.15, 0.2) is 41.1 Å². The Morgan fingerprint density at radius 1 is 1.17 bits per heavy atom. The van der Waals surface area contributed by atoms with E-state index in [1.807, 2.05) is 24.3 Å². The van der Waals surface area contributed by atoms with Gasteiger partial charge in [0.2, 0.25) is 0 Å². The van der Waals surface area contributed by atoms with Gasteiger partial charge in [-0.1, -0.05) is 24.3 Å². The van der Waals surface area contributed by atoms with Crippen molar-refractivity contribution in [2.45, 2.75) is 24.3 Å². The Bertz CT molecular complexity index is 603. The van der Waals surface area contributed by atoms with Gasteiger partial charge in [0.05, 0.1) is 24.9 Å². The number of hydrogen-bond donors (Lipinski definition) is 5. The number of β-amino-alcohol motifs (C(OH)–C–C–N with tert-alkyl or cyclic N) is 1. The second-order valence-electron chi connectivity index (χ2n) is 5.85. The summed E-state index contributed by atoms with van der Waals surface area (Å²) in [5, 5.41) is 39.5. The van der Waals surface area contributed by atoms with Crippen molar-refractivity contribution in [3.8, 4) is 11.1 Å². The summed E-state index contributed by atoms with van der Waals surface area (Å²) in [6, 6.07) is 9.80. The van der Waals surface area contributed by atoms with E-state index in [-0.39, 0.29) is 18.7 Å². The highest BCUT2D eigenvalue weighted by Crippen LogP contribution is 2.24. The zero-order valence-electron chi connectivity index (χ0n) is 12.7. The van der Waals surface area contributed by atoms with Gasteiger partial charge in [0, 0.05) is 19.1 Å². The lowest BCUT2D eigenvalue weighted by Crippen LogP contribution is -2.43. The third-order valence-corrected chi connectivity index (χ3v) is 5.01. The fourth-order valence-corrected chi connectivity index (χ4v) is 3.53. The van der Waals surface area contributed by atoms with Crippen molar-refractivity contribution in [3.05, 3.63) is 46.7 Å². The molecule has 0 bridgehead atoms. The molecule has 3 rings (SSSR count). The predicted molar refractivity (Wildman–Crippen MR) is 91.4 cm³/mol. The monoisotopic (exact) mass is 334 g/mol. The molecule has 0 saturated carbocycles. The number of thiophene rings is 1. The Morgan fingerprint density at radius 3 is 2.52 bits per heavy atom. The normalized spacial score (nSPS) is 25.6. The lowest BCUT2D eigenvalue weighted by atomic mass is 10.0. The molecule has 1 aromatic heterocycles. The minimum absolute atomic E-state index is 0.0246. The molecule has 5 nitrogen and oxygen atoms in total. The van der Waals surface area contributed by atoms with Crippen molar-refractivity contribution < 1.29 is 15.3 Å². The fraction of sp³-hybridized carbons (Fsp3) is 0.412. The van der Waals surface area contributed by atoms with Crippen LogP contribution >= 0.6 is 11.3 Å². The summed E-state index contributed by atoms with van der Waals surface area (Å²) in [6.07, 6.45) is -1.50. The minimum atomic E-state index is -0.775. The van der Waals surface area contributed by atoms with Crippen molar-refractivity contribution >= 4 is 11.3 Å². The molecule has 1 aromatic carbocycles. The van der Waals surface area contributed by atoms with Crippen LogP contribution in [-0.2, 0) is 0 Å². The number of aliphatic hydroxyl groups excluding tert-OH is 3. The van der Waals surface area contributed by atoms with Crippen molar-refractivity contribution in [1.29, 1.82) is 0 Å². The molecule has 6 heteroatoms. The van der Waals surface area contributed by atoms with Crippen molar-refractivity contribution in [2.24, 2.45) is 0 Å². The molecule has 1 aliphatic rings. The van der Waals surface area contributed by atoms with Gasteiger partial charge in [-0.25, -0.2) is 0 Å². The zero-order valence-corrected chi connectivity index (χ0v) is 13.5. The average molecular weight is 334 g/mol. The standard InChI is InChI=1S/C17H22N2O3S/c20-9-15(18-7-14-17(22)16(21)8-19-14)12-3-1-11(2-4-12)13-5-6-23-10-13/h1-6,10,14-22H,7-9H2/t14-,15+,16+,17-/m1/s1. The highest BCUT2D eigenvalue weighted by atomic mass is 32.1. The van der Waals surface area contributed by atoms with Crippen LogP contribution in [0.4, 0.5) is 0 Å². The molecule has 0 radical (unpaired) electrons. The van der Waals surface area contributed by atoms with Crippen LogP contribution < -0.4 is 10.6 Å². The Hall–Kier alpha value is -1.28. The number of benzene rings is 1. The van der Waals surface area contributed by atoms with Gasteiger partial charge in [0.15, 0.2) is 0 Å². The SMILES string of the molecule is OC[C@H](NC[C@H]1NC[C@H](O)[C@@H]1O)c1ccc(-c2ccsc2)cc1. The van der Waals surface area contributed by atoms with Crippen LogP contribution in [0.2, 0.25) is 0 Å². The minimum Gasteiger partial charge on any atom is -0.394 e. The predicted octanol–water partition coefficient (Wildman–Crippen LogP) is 0.732. The molecular formula is C17H22N2O3S. The van der Waals surface area contributed by atoms with E-state index in [4.69, 9.17) is 0 Å². The molecule has 1 aliphatic heterocycles. The summed E-state index contributed by atoms with van der Waals surface area (Å²) in [7, 11) is 0. The molecule has 2 aromatic rings. The summed E-state index contributed by atoms with van der Waals surface area (Å²) in [6.45, 7) is 0.853. The first-order valence-corrected chi connectivity index (χ1v) is 8.69. The van der Waals surface area contributed by atoms with E-state index in [0.29, 0.717) is 13.1 Å². The number of hydrogen-bond acceptors (Lipinski definition) is 6. The molecule has 0 amide bonds. The first kappa shape index (κ1) is 16.6. The van der Waals surface area contributed by atoms with Crippen molar-refractivity contribution in [3.63, 3.8) is 0 Å². The first-order valence-electron chi connectivity index (χ1n) is 7.75. The van der Waals surface area contributed by atoms with Gasteiger partial charge in [-0.15, -0.1) is 0 Å². The summed E-state index contributed by atoms with van der Waals surface area (Å²) in [5.41, 5.74) is 3.35. The number of rotatable bonds is 6. The zero-order chi connectivity index (χ0) is 16.2. The van der Waals surface area contributed by atoms with Crippen LogP contribution in [0.3, 0.4) is 0 Å². The summed E-state index contributed by atoms with van der Waals surface area (Å²) in [4.78, 5) is 0. The van der Waals surface area contributed by atoms with Crippen LogP contribution in [0.1, 0.15) is 11.6 Å². The van der Waals surface area contributed by atoms with Crippen LogP contribution in [0.5, 0.6) is 0 Å². The van der Waals surface area contributed by atoms with Gasteiger partial charge in [-0.05, 0) is 33.5 Å². The summed E-state index contributed by atoms with van der Waals surface area (Å²) < 4.78 is 0. The van der Waals surface area contributed by atoms with E-state index in [2.05, 4.69) is 27.5 Å². The van der Waals surface area contributed by atoms with Gasteiger partial charge in [0.25, 0.3) is 0 Å². The molecular weight excluding hydrogens is 312 g/mol. The molecule has 23 heavy (non-hydrogen) atoms.